The lowest BCUT2D eigenvalue weighted by Gasteiger charge is -2.49. The summed E-state index contributed by atoms with van der Waals surface area (Å²) in [6.07, 6.45) is 5.31. The van der Waals surface area contributed by atoms with Gasteiger partial charge in [-0.3, -0.25) is 4.79 Å². The predicted molar refractivity (Wildman–Crippen MR) is 90.8 cm³/mol. The van der Waals surface area contributed by atoms with Crippen molar-refractivity contribution in [3.05, 3.63) is 0 Å². The highest BCUT2D eigenvalue weighted by molar-refractivity contribution is 5.73. The SMILES string of the molecule is CC(=O)N(C)[C@H]1CCOC2(CCN(CC3(O)CCOCC3)CC2)C1. The molecule has 3 fully saturated rings. The zero-order chi connectivity index (χ0) is 17.2. The van der Waals surface area contributed by atoms with Gasteiger partial charge in [-0.05, 0) is 25.7 Å². The van der Waals surface area contributed by atoms with Crippen LogP contribution in [0.5, 0.6) is 0 Å². The van der Waals surface area contributed by atoms with Gasteiger partial charge in [-0.25, -0.2) is 0 Å². The number of aliphatic hydroxyl groups is 1. The summed E-state index contributed by atoms with van der Waals surface area (Å²) in [6, 6.07) is 0.294. The molecular formula is C18H32N2O4. The normalized spacial score (nSPS) is 30.2. The quantitative estimate of drug-likeness (QED) is 0.831. The van der Waals surface area contributed by atoms with Crippen LogP contribution < -0.4 is 0 Å². The van der Waals surface area contributed by atoms with Crippen molar-refractivity contribution < 1.29 is 19.4 Å². The molecule has 0 saturated carbocycles. The van der Waals surface area contributed by atoms with Crippen molar-refractivity contribution in [2.75, 3.05) is 46.5 Å². The molecule has 0 unspecified atom stereocenters. The zero-order valence-corrected chi connectivity index (χ0v) is 15.1. The number of likely N-dealkylation sites (tertiary alicyclic amines) is 1. The van der Waals surface area contributed by atoms with E-state index in [-0.39, 0.29) is 11.5 Å². The van der Waals surface area contributed by atoms with Crippen LogP contribution in [0.2, 0.25) is 0 Å². The Morgan fingerprint density at radius 2 is 1.88 bits per heavy atom. The van der Waals surface area contributed by atoms with Gasteiger partial charge in [0, 0.05) is 72.3 Å². The van der Waals surface area contributed by atoms with E-state index in [2.05, 4.69) is 4.90 Å². The number of amides is 1. The van der Waals surface area contributed by atoms with Crippen LogP contribution in [0.15, 0.2) is 0 Å². The summed E-state index contributed by atoms with van der Waals surface area (Å²) >= 11 is 0. The third-order valence-corrected chi connectivity index (χ3v) is 6.22. The van der Waals surface area contributed by atoms with Gasteiger partial charge in [0.05, 0.1) is 11.2 Å². The van der Waals surface area contributed by atoms with Crippen LogP contribution in [-0.2, 0) is 14.3 Å². The van der Waals surface area contributed by atoms with E-state index in [0.29, 0.717) is 19.3 Å². The first-order chi connectivity index (χ1) is 11.4. The molecule has 1 spiro atoms. The molecule has 3 aliphatic rings. The smallest absolute Gasteiger partial charge is 0.219 e. The van der Waals surface area contributed by atoms with Crippen LogP contribution in [0, 0.1) is 0 Å². The van der Waals surface area contributed by atoms with Crippen molar-refractivity contribution in [1.29, 1.82) is 0 Å². The molecular weight excluding hydrogens is 308 g/mol. The van der Waals surface area contributed by atoms with E-state index in [9.17, 15) is 9.90 Å². The van der Waals surface area contributed by atoms with Crippen molar-refractivity contribution in [1.82, 2.24) is 9.80 Å². The maximum Gasteiger partial charge on any atom is 0.219 e. The topological polar surface area (TPSA) is 62.2 Å². The molecule has 138 valence electrons. The standard InChI is InChI=1S/C18H32N2O4/c1-15(21)19(2)16-3-10-24-18(13-16)4-8-20(9-5-18)14-17(22)6-11-23-12-7-17/h16,22H,3-14H2,1-2H3/t16-/m0/s1. The van der Waals surface area contributed by atoms with Crippen LogP contribution in [0.1, 0.15) is 45.4 Å². The fourth-order valence-electron chi connectivity index (χ4n) is 4.38. The van der Waals surface area contributed by atoms with E-state index in [0.717, 1.165) is 64.8 Å². The van der Waals surface area contributed by atoms with Crippen LogP contribution in [-0.4, -0.2) is 84.6 Å². The number of nitrogens with zero attached hydrogens (tertiary/aromatic N) is 2. The van der Waals surface area contributed by atoms with Gasteiger partial charge >= 0.3 is 0 Å². The van der Waals surface area contributed by atoms with Crippen LogP contribution in [0.25, 0.3) is 0 Å². The average molecular weight is 340 g/mol. The van der Waals surface area contributed by atoms with Crippen molar-refractivity contribution in [3.63, 3.8) is 0 Å². The van der Waals surface area contributed by atoms with Crippen LogP contribution >= 0.6 is 0 Å². The molecule has 24 heavy (non-hydrogen) atoms. The lowest BCUT2D eigenvalue weighted by atomic mass is 9.81. The molecule has 1 atom stereocenters. The maximum absolute atomic E-state index is 11.7. The summed E-state index contributed by atoms with van der Waals surface area (Å²) in [4.78, 5) is 15.9. The maximum atomic E-state index is 11.7. The van der Waals surface area contributed by atoms with E-state index in [1.807, 2.05) is 11.9 Å². The lowest BCUT2D eigenvalue weighted by molar-refractivity contribution is -0.151. The van der Waals surface area contributed by atoms with Crippen molar-refractivity contribution in [2.45, 2.75) is 62.7 Å². The van der Waals surface area contributed by atoms with Crippen LogP contribution in [0.3, 0.4) is 0 Å². The minimum Gasteiger partial charge on any atom is -0.388 e. The summed E-state index contributed by atoms with van der Waals surface area (Å²) in [7, 11) is 1.90. The highest BCUT2D eigenvalue weighted by Crippen LogP contribution is 2.37. The molecule has 0 bridgehead atoms. The summed E-state index contributed by atoms with van der Waals surface area (Å²) in [5, 5.41) is 10.7. The van der Waals surface area contributed by atoms with E-state index in [1.165, 1.54) is 0 Å². The number of piperidine rings is 1. The molecule has 3 saturated heterocycles. The predicted octanol–water partition coefficient (Wildman–Crippen LogP) is 1.02. The van der Waals surface area contributed by atoms with E-state index in [4.69, 9.17) is 9.47 Å². The minimum atomic E-state index is -0.590. The number of carbonyl (C=O) groups is 1. The fourth-order valence-corrected chi connectivity index (χ4v) is 4.38. The van der Waals surface area contributed by atoms with Gasteiger partial charge in [-0.1, -0.05) is 0 Å². The lowest BCUT2D eigenvalue weighted by Crippen LogP contribution is -2.56. The Morgan fingerprint density at radius 1 is 1.21 bits per heavy atom. The third-order valence-electron chi connectivity index (χ3n) is 6.22. The molecule has 0 aliphatic carbocycles. The number of hydrogen-bond acceptors (Lipinski definition) is 5. The zero-order valence-electron chi connectivity index (χ0n) is 15.1. The van der Waals surface area contributed by atoms with Gasteiger partial charge in [0.25, 0.3) is 0 Å². The summed E-state index contributed by atoms with van der Waals surface area (Å²) in [5.74, 6) is 0.135. The first kappa shape index (κ1) is 18.1. The van der Waals surface area contributed by atoms with Gasteiger partial charge < -0.3 is 24.4 Å². The molecule has 0 radical (unpaired) electrons. The van der Waals surface area contributed by atoms with Gasteiger partial charge in [0.15, 0.2) is 0 Å². The molecule has 6 heteroatoms. The molecule has 0 aromatic rings. The molecule has 0 aromatic heterocycles. The Balaban J connectivity index is 1.53. The van der Waals surface area contributed by atoms with Gasteiger partial charge in [-0.15, -0.1) is 0 Å². The largest absolute Gasteiger partial charge is 0.388 e. The third kappa shape index (κ3) is 4.10. The van der Waals surface area contributed by atoms with Gasteiger partial charge in [-0.2, -0.15) is 0 Å². The molecule has 3 heterocycles. The second-order valence-electron chi connectivity index (χ2n) is 7.92. The second-order valence-corrected chi connectivity index (χ2v) is 7.92. The van der Waals surface area contributed by atoms with E-state index < -0.39 is 5.60 Å². The molecule has 1 N–H and O–H groups in total. The van der Waals surface area contributed by atoms with Crippen LogP contribution in [0.4, 0.5) is 0 Å². The van der Waals surface area contributed by atoms with Crippen molar-refractivity contribution in [3.8, 4) is 0 Å². The number of rotatable bonds is 3. The number of carbonyl (C=O) groups excluding carboxylic acids is 1. The average Bonchev–Trinajstić information content (AvgIpc) is 2.57. The Hall–Kier alpha value is -0.690. The molecule has 1 amide bonds. The molecule has 3 aliphatic heterocycles. The highest BCUT2D eigenvalue weighted by atomic mass is 16.5. The molecule has 3 rings (SSSR count). The van der Waals surface area contributed by atoms with E-state index in [1.54, 1.807) is 6.92 Å². The Bertz CT molecular complexity index is 442. The van der Waals surface area contributed by atoms with Crippen molar-refractivity contribution >= 4 is 5.91 Å². The minimum absolute atomic E-state index is 0.0819. The van der Waals surface area contributed by atoms with Gasteiger partial charge in [0.1, 0.15) is 0 Å². The molecule has 0 aromatic carbocycles. The first-order valence-electron chi connectivity index (χ1n) is 9.31. The van der Waals surface area contributed by atoms with E-state index >= 15 is 0 Å². The summed E-state index contributed by atoms with van der Waals surface area (Å²) < 4.78 is 11.5. The second kappa shape index (κ2) is 7.28. The van der Waals surface area contributed by atoms with Crippen molar-refractivity contribution in [2.24, 2.45) is 0 Å². The number of ether oxygens (including phenoxy) is 2. The summed E-state index contributed by atoms with van der Waals surface area (Å²) in [6.45, 7) is 6.36. The van der Waals surface area contributed by atoms with Gasteiger partial charge in [0.2, 0.25) is 5.91 Å². The Kier molecular flexibility index (Phi) is 5.49. The monoisotopic (exact) mass is 340 g/mol. The number of hydrogen-bond donors (Lipinski definition) is 1. The molecule has 6 nitrogen and oxygen atoms in total. The Labute approximate surface area is 145 Å². The first-order valence-corrected chi connectivity index (χ1v) is 9.31. The number of β-amino-alcohol motifs (C(OH)–C–C–N with tert-alkyl or cyclic N) is 1. The summed E-state index contributed by atoms with van der Waals surface area (Å²) in [5.41, 5.74) is -0.672. The Morgan fingerprint density at radius 3 is 2.50 bits per heavy atom. The highest BCUT2D eigenvalue weighted by Gasteiger charge is 2.43. The fraction of sp³-hybridized carbons (Fsp3) is 0.944.